The van der Waals surface area contributed by atoms with Gasteiger partial charge in [0.05, 0.1) is 4.90 Å². The van der Waals surface area contributed by atoms with E-state index in [-0.39, 0.29) is 34.5 Å². The van der Waals surface area contributed by atoms with E-state index >= 15 is 0 Å². The van der Waals surface area contributed by atoms with Crippen molar-refractivity contribution in [1.29, 1.82) is 0 Å². The molecule has 0 unspecified atom stereocenters. The Bertz CT molecular complexity index is 541. The molecule has 0 aliphatic heterocycles. The summed E-state index contributed by atoms with van der Waals surface area (Å²) in [6, 6.07) is 6.55. The van der Waals surface area contributed by atoms with Crippen LogP contribution in [0.5, 0.6) is 0 Å². The molecule has 3 nitrogen and oxygen atoms in total. The van der Waals surface area contributed by atoms with E-state index in [0.29, 0.717) is 0 Å². The van der Waals surface area contributed by atoms with Gasteiger partial charge in [-0.25, -0.2) is 0 Å². The zero-order valence-electron chi connectivity index (χ0n) is 15.9. The molecule has 0 radical (unpaired) electrons. The third-order valence-corrected chi connectivity index (χ3v) is 5.66. The van der Waals surface area contributed by atoms with Gasteiger partial charge in [0, 0.05) is 0 Å². The number of hydrogen-bond donors (Lipinski definition) is 1. The van der Waals surface area contributed by atoms with Gasteiger partial charge < -0.3 is 0 Å². The zero-order valence-corrected chi connectivity index (χ0v) is 16.7. The van der Waals surface area contributed by atoms with Crippen LogP contribution in [0.1, 0.15) is 96.0 Å². The zero-order chi connectivity index (χ0) is 18.4. The van der Waals surface area contributed by atoms with Gasteiger partial charge >= 0.3 is 29.6 Å². The summed E-state index contributed by atoms with van der Waals surface area (Å²) in [5.41, 5.74) is 1.13. The third kappa shape index (κ3) is 13.3. The molecule has 0 bridgehead atoms. The Morgan fingerprint density at radius 2 is 1.08 bits per heavy atom. The van der Waals surface area contributed by atoms with E-state index in [1.165, 1.54) is 89.2 Å². The second-order valence-electron chi connectivity index (χ2n) is 7.11. The van der Waals surface area contributed by atoms with Crippen LogP contribution in [0.15, 0.2) is 29.2 Å². The second-order valence-corrected chi connectivity index (χ2v) is 8.53. The van der Waals surface area contributed by atoms with Gasteiger partial charge in [-0.2, -0.15) is 8.42 Å². The number of aryl methyl sites for hydroxylation is 1. The van der Waals surface area contributed by atoms with Crippen molar-refractivity contribution in [3.63, 3.8) is 0 Å². The number of benzene rings is 1. The standard InChI is InChI=1S/C21H36O3S.Na.H/c1-2-3-4-5-6-7-8-9-10-11-12-13-14-15-20-16-18-21(19-17-20)25(22,23)24;;/h16-19H,2-15H2,1H3,(H,22,23,24);;. The minimum atomic E-state index is -4.07. The van der Waals surface area contributed by atoms with E-state index < -0.39 is 10.1 Å². The molecule has 0 aliphatic carbocycles. The molecule has 5 heteroatoms. The van der Waals surface area contributed by atoms with Gasteiger partial charge in [0.2, 0.25) is 0 Å². The number of rotatable bonds is 15. The van der Waals surface area contributed by atoms with Crippen molar-refractivity contribution in [2.45, 2.75) is 102 Å². The first-order chi connectivity index (χ1) is 12.0. The van der Waals surface area contributed by atoms with Gasteiger partial charge in [0.25, 0.3) is 10.1 Å². The van der Waals surface area contributed by atoms with Crippen molar-refractivity contribution < 1.29 is 13.0 Å². The molecule has 1 rings (SSSR count). The molecular weight excluding hydrogens is 355 g/mol. The van der Waals surface area contributed by atoms with E-state index in [1.54, 1.807) is 12.1 Å². The maximum atomic E-state index is 11.0. The quantitative estimate of drug-likeness (QED) is 0.229. The summed E-state index contributed by atoms with van der Waals surface area (Å²) in [7, 11) is -4.07. The molecule has 1 aromatic carbocycles. The van der Waals surface area contributed by atoms with Gasteiger partial charge in [-0.15, -0.1) is 0 Å². The first kappa shape index (κ1) is 26.1. The molecule has 26 heavy (non-hydrogen) atoms. The van der Waals surface area contributed by atoms with Crippen LogP contribution in [-0.4, -0.2) is 42.5 Å². The summed E-state index contributed by atoms with van der Waals surface area (Å²) < 4.78 is 30.9. The molecule has 146 valence electrons. The fourth-order valence-electron chi connectivity index (χ4n) is 3.17. The predicted octanol–water partition coefficient (Wildman–Crippen LogP) is 5.92. The monoisotopic (exact) mass is 392 g/mol. The van der Waals surface area contributed by atoms with Gasteiger partial charge in [0.1, 0.15) is 0 Å². The fourth-order valence-corrected chi connectivity index (χ4v) is 3.66. The average Bonchev–Trinajstić information content (AvgIpc) is 2.58. The molecule has 0 saturated carbocycles. The molecule has 0 aromatic heterocycles. The summed E-state index contributed by atoms with van der Waals surface area (Å²) >= 11 is 0. The van der Waals surface area contributed by atoms with Crippen LogP contribution in [0.2, 0.25) is 0 Å². The summed E-state index contributed by atoms with van der Waals surface area (Å²) in [5.74, 6) is 0. The molecule has 0 saturated heterocycles. The first-order valence-electron chi connectivity index (χ1n) is 10.1. The summed E-state index contributed by atoms with van der Waals surface area (Å²) in [6.45, 7) is 2.26. The normalized spacial score (nSPS) is 11.3. The van der Waals surface area contributed by atoms with E-state index in [0.717, 1.165) is 18.4 Å². The molecule has 0 fully saturated rings. The van der Waals surface area contributed by atoms with Crippen LogP contribution in [-0.2, 0) is 16.5 Å². The first-order valence-corrected chi connectivity index (χ1v) is 11.5. The minimum absolute atomic E-state index is 0. The summed E-state index contributed by atoms with van der Waals surface area (Å²) in [4.78, 5) is -0.0263. The number of hydrogen-bond acceptors (Lipinski definition) is 2. The summed E-state index contributed by atoms with van der Waals surface area (Å²) in [5, 5.41) is 0. The Hall–Kier alpha value is 0.130. The Morgan fingerprint density at radius 3 is 1.46 bits per heavy atom. The van der Waals surface area contributed by atoms with Crippen molar-refractivity contribution in [2.24, 2.45) is 0 Å². The maximum absolute atomic E-state index is 11.0. The van der Waals surface area contributed by atoms with Crippen LogP contribution >= 0.6 is 0 Å². The second kappa shape index (κ2) is 16.1. The molecule has 0 atom stereocenters. The average molecular weight is 393 g/mol. The van der Waals surface area contributed by atoms with Crippen LogP contribution in [0, 0.1) is 0 Å². The van der Waals surface area contributed by atoms with Crippen LogP contribution in [0.25, 0.3) is 0 Å². The van der Waals surface area contributed by atoms with Crippen LogP contribution < -0.4 is 0 Å². The van der Waals surface area contributed by atoms with Gasteiger partial charge in [0.15, 0.2) is 0 Å². The molecule has 0 spiro atoms. The van der Waals surface area contributed by atoms with Crippen molar-refractivity contribution in [2.75, 3.05) is 0 Å². The van der Waals surface area contributed by atoms with Gasteiger partial charge in [-0.1, -0.05) is 96.1 Å². The predicted molar refractivity (Wildman–Crippen MR) is 113 cm³/mol. The Labute approximate surface area is 183 Å². The molecule has 1 N–H and O–H groups in total. The van der Waals surface area contributed by atoms with Gasteiger partial charge in [-0.3, -0.25) is 4.55 Å². The van der Waals surface area contributed by atoms with E-state index in [1.807, 2.05) is 0 Å². The van der Waals surface area contributed by atoms with Crippen LogP contribution in [0.4, 0.5) is 0 Å². The van der Waals surface area contributed by atoms with E-state index in [2.05, 4.69) is 6.92 Å². The fraction of sp³-hybridized carbons (Fsp3) is 0.714. The topological polar surface area (TPSA) is 54.4 Å². The Morgan fingerprint density at radius 1 is 0.692 bits per heavy atom. The molecule has 0 heterocycles. The Kier molecular flexibility index (Phi) is 16.2. The van der Waals surface area contributed by atoms with Crippen LogP contribution in [0.3, 0.4) is 0 Å². The van der Waals surface area contributed by atoms with Crippen molar-refractivity contribution >= 4 is 39.7 Å². The van der Waals surface area contributed by atoms with E-state index in [9.17, 15) is 8.42 Å². The molecule has 0 amide bonds. The Balaban J connectivity index is 0.00000625. The van der Waals surface area contributed by atoms with Crippen molar-refractivity contribution in [3.8, 4) is 0 Å². The third-order valence-electron chi connectivity index (χ3n) is 4.79. The molecule has 0 aliphatic rings. The SMILES string of the molecule is CCCCCCCCCCCCCCCc1ccc(S(=O)(=O)O)cc1.[NaH]. The molecule has 1 aromatic rings. The van der Waals surface area contributed by atoms with E-state index in [4.69, 9.17) is 4.55 Å². The molecular formula is C21H37NaO3S. The van der Waals surface area contributed by atoms with Crippen molar-refractivity contribution in [3.05, 3.63) is 29.8 Å². The van der Waals surface area contributed by atoms with Crippen molar-refractivity contribution in [1.82, 2.24) is 0 Å². The summed E-state index contributed by atoms with van der Waals surface area (Å²) in [6.07, 6.45) is 18.5. The number of unbranched alkanes of at least 4 members (excludes halogenated alkanes) is 12. The van der Waals surface area contributed by atoms with Gasteiger partial charge in [-0.05, 0) is 30.5 Å².